The maximum Gasteiger partial charge on any atom is 0.161 e. The van der Waals surface area contributed by atoms with Gasteiger partial charge in [0.2, 0.25) is 0 Å². The fourth-order valence-electron chi connectivity index (χ4n) is 1.56. The Bertz CT molecular complexity index is 485. The van der Waals surface area contributed by atoms with Gasteiger partial charge in [0.15, 0.2) is 11.5 Å². The van der Waals surface area contributed by atoms with Crippen LogP contribution in [0.1, 0.15) is 12.5 Å². The topological polar surface area (TPSA) is 61.2 Å². The van der Waals surface area contributed by atoms with Crippen LogP contribution < -0.4 is 14.9 Å². The number of benzene rings is 1. The first-order valence-electron chi connectivity index (χ1n) is 5.71. The van der Waals surface area contributed by atoms with E-state index in [-0.39, 0.29) is 0 Å². The van der Waals surface area contributed by atoms with Crippen molar-refractivity contribution in [1.29, 1.82) is 0 Å². The van der Waals surface area contributed by atoms with Crippen molar-refractivity contribution < 1.29 is 9.47 Å². The molecule has 0 saturated heterocycles. The van der Waals surface area contributed by atoms with Crippen molar-refractivity contribution in [2.45, 2.75) is 13.5 Å². The normalized spacial score (nSPS) is 10.1. The number of rotatable bonds is 6. The van der Waals surface area contributed by atoms with Crippen molar-refractivity contribution in [3.63, 3.8) is 0 Å². The summed E-state index contributed by atoms with van der Waals surface area (Å²) >= 11 is 0. The standard InChI is InChI=1S/C12H16N4O2/c1-3-18-12-6-10(4-5-11(12)17-2)7-15-16-8-13-14-9-16/h4-6,8-9,15H,3,7H2,1-2H3. The van der Waals surface area contributed by atoms with E-state index in [2.05, 4.69) is 15.6 Å². The lowest BCUT2D eigenvalue weighted by molar-refractivity contribution is 0.310. The zero-order valence-corrected chi connectivity index (χ0v) is 10.5. The summed E-state index contributed by atoms with van der Waals surface area (Å²) in [5.74, 6) is 1.49. The smallest absolute Gasteiger partial charge is 0.161 e. The summed E-state index contributed by atoms with van der Waals surface area (Å²) in [4.78, 5) is 0. The second kappa shape index (κ2) is 5.90. The van der Waals surface area contributed by atoms with E-state index in [0.717, 1.165) is 17.1 Å². The zero-order chi connectivity index (χ0) is 12.8. The highest BCUT2D eigenvalue weighted by Crippen LogP contribution is 2.27. The van der Waals surface area contributed by atoms with Gasteiger partial charge in [-0.3, -0.25) is 0 Å². The molecule has 6 heteroatoms. The molecular weight excluding hydrogens is 232 g/mol. The molecule has 6 nitrogen and oxygen atoms in total. The summed E-state index contributed by atoms with van der Waals surface area (Å²) in [5.41, 5.74) is 4.23. The molecule has 0 radical (unpaired) electrons. The van der Waals surface area contributed by atoms with Crippen molar-refractivity contribution in [2.75, 3.05) is 19.1 Å². The molecule has 0 amide bonds. The van der Waals surface area contributed by atoms with Gasteiger partial charge in [0.1, 0.15) is 12.7 Å². The van der Waals surface area contributed by atoms with Crippen LogP contribution in [0.15, 0.2) is 30.9 Å². The molecule has 2 rings (SSSR count). The predicted molar refractivity (Wildman–Crippen MR) is 67.2 cm³/mol. The predicted octanol–water partition coefficient (Wildman–Crippen LogP) is 1.43. The highest BCUT2D eigenvalue weighted by atomic mass is 16.5. The zero-order valence-electron chi connectivity index (χ0n) is 10.5. The van der Waals surface area contributed by atoms with Crippen LogP contribution in [0, 0.1) is 0 Å². The van der Waals surface area contributed by atoms with E-state index in [9.17, 15) is 0 Å². The minimum atomic E-state index is 0.610. The third kappa shape index (κ3) is 2.91. The molecule has 0 fully saturated rings. The van der Waals surface area contributed by atoms with E-state index < -0.39 is 0 Å². The molecule has 0 bridgehead atoms. The third-order valence-corrected chi connectivity index (χ3v) is 2.41. The molecule has 96 valence electrons. The molecular formula is C12H16N4O2. The van der Waals surface area contributed by atoms with Crippen LogP contribution in [-0.2, 0) is 6.54 Å². The number of methoxy groups -OCH3 is 1. The lowest BCUT2D eigenvalue weighted by atomic mass is 10.2. The van der Waals surface area contributed by atoms with E-state index in [1.54, 1.807) is 24.4 Å². The van der Waals surface area contributed by atoms with Crippen LogP contribution in [0.4, 0.5) is 0 Å². The molecule has 1 heterocycles. The van der Waals surface area contributed by atoms with E-state index >= 15 is 0 Å². The second-order valence-electron chi connectivity index (χ2n) is 3.62. The molecule has 0 atom stereocenters. The highest BCUT2D eigenvalue weighted by Gasteiger charge is 2.05. The summed E-state index contributed by atoms with van der Waals surface area (Å²) in [6.45, 7) is 3.21. The Hall–Kier alpha value is -2.24. The Morgan fingerprint density at radius 1 is 1.22 bits per heavy atom. The molecule has 0 saturated carbocycles. The molecule has 0 aliphatic heterocycles. The van der Waals surface area contributed by atoms with Crippen molar-refractivity contribution in [2.24, 2.45) is 0 Å². The maximum atomic E-state index is 5.52. The van der Waals surface area contributed by atoms with Crippen LogP contribution in [0.25, 0.3) is 0 Å². The van der Waals surface area contributed by atoms with E-state index in [0.29, 0.717) is 13.2 Å². The van der Waals surface area contributed by atoms with Crippen molar-refractivity contribution in [3.8, 4) is 11.5 Å². The molecule has 2 aromatic rings. The number of aromatic nitrogens is 3. The van der Waals surface area contributed by atoms with Gasteiger partial charge in [-0.25, -0.2) is 4.68 Å². The number of ether oxygens (including phenoxy) is 2. The molecule has 1 N–H and O–H groups in total. The average Bonchev–Trinajstić information content (AvgIpc) is 2.90. The lowest BCUT2D eigenvalue weighted by Crippen LogP contribution is -2.12. The molecule has 1 aromatic carbocycles. The Morgan fingerprint density at radius 2 is 2.00 bits per heavy atom. The van der Waals surface area contributed by atoms with Gasteiger partial charge in [0.25, 0.3) is 0 Å². The van der Waals surface area contributed by atoms with Gasteiger partial charge in [-0.1, -0.05) is 6.07 Å². The second-order valence-corrected chi connectivity index (χ2v) is 3.62. The summed E-state index contributed by atoms with van der Waals surface area (Å²) in [5, 5.41) is 7.43. The van der Waals surface area contributed by atoms with Crippen LogP contribution in [0.3, 0.4) is 0 Å². The quantitative estimate of drug-likeness (QED) is 0.838. The van der Waals surface area contributed by atoms with Crippen LogP contribution in [-0.4, -0.2) is 28.6 Å². The van der Waals surface area contributed by atoms with Crippen molar-refractivity contribution in [1.82, 2.24) is 14.9 Å². The highest BCUT2D eigenvalue weighted by molar-refractivity contribution is 5.43. The molecule has 0 aliphatic carbocycles. The fourth-order valence-corrected chi connectivity index (χ4v) is 1.56. The van der Waals surface area contributed by atoms with E-state index in [1.165, 1.54) is 0 Å². The first kappa shape index (κ1) is 12.2. The SMILES string of the molecule is CCOc1cc(CNn2cnnc2)ccc1OC. The first-order chi connectivity index (χ1) is 8.83. The molecule has 0 aliphatic rings. The lowest BCUT2D eigenvalue weighted by Gasteiger charge is -2.12. The average molecular weight is 248 g/mol. The fraction of sp³-hybridized carbons (Fsp3) is 0.333. The number of nitrogens with zero attached hydrogens (tertiary/aromatic N) is 3. The molecule has 0 spiro atoms. The number of nitrogens with one attached hydrogen (secondary N) is 1. The summed E-state index contributed by atoms with van der Waals surface area (Å²) in [7, 11) is 1.63. The summed E-state index contributed by atoms with van der Waals surface area (Å²) in [6, 6.07) is 5.84. The third-order valence-electron chi connectivity index (χ3n) is 2.41. The van der Waals surface area contributed by atoms with Crippen LogP contribution >= 0.6 is 0 Å². The van der Waals surface area contributed by atoms with Crippen molar-refractivity contribution >= 4 is 0 Å². The van der Waals surface area contributed by atoms with Gasteiger partial charge in [-0.2, -0.15) is 0 Å². The molecule has 1 aromatic heterocycles. The van der Waals surface area contributed by atoms with Crippen molar-refractivity contribution in [3.05, 3.63) is 36.4 Å². The largest absolute Gasteiger partial charge is 0.493 e. The van der Waals surface area contributed by atoms with Gasteiger partial charge in [0.05, 0.1) is 20.3 Å². The summed E-state index contributed by atoms with van der Waals surface area (Å²) in [6.07, 6.45) is 3.21. The molecule has 0 unspecified atom stereocenters. The first-order valence-corrected chi connectivity index (χ1v) is 5.71. The van der Waals surface area contributed by atoms with E-state index in [4.69, 9.17) is 9.47 Å². The Labute approximate surface area is 106 Å². The van der Waals surface area contributed by atoms with Crippen LogP contribution in [0.2, 0.25) is 0 Å². The Kier molecular flexibility index (Phi) is 4.01. The van der Waals surface area contributed by atoms with Gasteiger partial charge in [-0.05, 0) is 24.6 Å². The number of hydrogen-bond donors (Lipinski definition) is 1. The van der Waals surface area contributed by atoms with Gasteiger partial charge in [-0.15, -0.1) is 10.2 Å². The van der Waals surface area contributed by atoms with Gasteiger partial charge >= 0.3 is 0 Å². The monoisotopic (exact) mass is 248 g/mol. The Morgan fingerprint density at radius 3 is 2.67 bits per heavy atom. The van der Waals surface area contributed by atoms with Gasteiger partial charge < -0.3 is 14.9 Å². The van der Waals surface area contributed by atoms with Gasteiger partial charge in [0, 0.05) is 0 Å². The summed E-state index contributed by atoms with van der Waals surface area (Å²) < 4.78 is 12.5. The van der Waals surface area contributed by atoms with Crippen LogP contribution in [0.5, 0.6) is 11.5 Å². The minimum Gasteiger partial charge on any atom is -0.493 e. The van der Waals surface area contributed by atoms with E-state index in [1.807, 2.05) is 25.1 Å². The maximum absolute atomic E-state index is 5.52. The Balaban J connectivity index is 2.06. The molecule has 18 heavy (non-hydrogen) atoms. The number of hydrogen-bond acceptors (Lipinski definition) is 5. The minimum absolute atomic E-state index is 0.610.